The number of rotatable bonds is 3. The molecule has 1 aliphatic carbocycles. The van der Waals surface area contributed by atoms with Gasteiger partial charge in [-0.15, -0.1) is 0 Å². The first-order valence-corrected chi connectivity index (χ1v) is 7.22. The van der Waals surface area contributed by atoms with Crippen LogP contribution in [0.25, 0.3) is 0 Å². The zero-order valence-electron chi connectivity index (χ0n) is 11.4. The van der Waals surface area contributed by atoms with Crippen molar-refractivity contribution < 1.29 is 14.7 Å². The minimum atomic E-state index is -0.815. The van der Waals surface area contributed by atoms with Gasteiger partial charge in [0.05, 0.1) is 12.0 Å². The third-order valence-electron chi connectivity index (χ3n) is 4.38. The maximum atomic E-state index is 12.5. The molecule has 0 spiro atoms. The van der Waals surface area contributed by atoms with Crippen LogP contribution < -0.4 is 0 Å². The van der Waals surface area contributed by atoms with Crippen LogP contribution in [-0.2, 0) is 4.79 Å². The molecule has 1 atom stereocenters. The van der Waals surface area contributed by atoms with Crippen molar-refractivity contribution in [3.05, 3.63) is 18.0 Å². The van der Waals surface area contributed by atoms with Crippen molar-refractivity contribution in [2.75, 3.05) is 13.1 Å². The fourth-order valence-corrected chi connectivity index (χ4v) is 3.23. The molecule has 2 fully saturated rings. The monoisotopic (exact) mass is 277 g/mol. The van der Waals surface area contributed by atoms with Crippen LogP contribution in [0.15, 0.2) is 12.3 Å². The summed E-state index contributed by atoms with van der Waals surface area (Å²) < 4.78 is 1.84. The standard InChI is InChI=1S/C14H19N3O3/c18-13(16-8-6-10(9-16)14(19)20)12-5-7-15-17(12)11-3-1-2-4-11/h5,7,10-11H,1-4,6,8-9H2,(H,19,20). The smallest absolute Gasteiger partial charge is 0.308 e. The second kappa shape index (κ2) is 5.26. The van der Waals surface area contributed by atoms with Crippen molar-refractivity contribution in [3.63, 3.8) is 0 Å². The van der Waals surface area contributed by atoms with Gasteiger partial charge in [0.2, 0.25) is 0 Å². The molecule has 1 N–H and O–H groups in total. The Morgan fingerprint density at radius 3 is 2.65 bits per heavy atom. The van der Waals surface area contributed by atoms with E-state index in [-0.39, 0.29) is 5.91 Å². The molecular weight excluding hydrogens is 258 g/mol. The molecule has 1 aromatic heterocycles. The minimum Gasteiger partial charge on any atom is -0.481 e. The number of aliphatic carboxylic acids is 1. The van der Waals surface area contributed by atoms with Gasteiger partial charge in [-0.25, -0.2) is 0 Å². The summed E-state index contributed by atoms with van der Waals surface area (Å²) in [7, 11) is 0. The molecule has 6 nitrogen and oxygen atoms in total. The summed E-state index contributed by atoms with van der Waals surface area (Å²) in [5.74, 6) is -1.33. The topological polar surface area (TPSA) is 75.4 Å². The van der Waals surface area contributed by atoms with Gasteiger partial charge in [-0.1, -0.05) is 12.8 Å². The third kappa shape index (κ3) is 2.30. The van der Waals surface area contributed by atoms with E-state index in [1.165, 1.54) is 12.8 Å². The summed E-state index contributed by atoms with van der Waals surface area (Å²) >= 11 is 0. The van der Waals surface area contributed by atoms with Crippen molar-refractivity contribution in [2.24, 2.45) is 5.92 Å². The van der Waals surface area contributed by atoms with Crippen LogP contribution in [0, 0.1) is 5.92 Å². The van der Waals surface area contributed by atoms with E-state index in [4.69, 9.17) is 5.11 Å². The van der Waals surface area contributed by atoms with Crippen molar-refractivity contribution in [3.8, 4) is 0 Å². The average molecular weight is 277 g/mol. The molecule has 1 saturated carbocycles. The van der Waals surface area contributed by atoms with Gasteiger partial charge < -0.3 is 10.0 Å². The zero-order valence-corrected chi connectivity index (χ0v) is 11.4. The second-order valence-corrected chi connectivity index (χ2v) is 5.67. The number of hydrogen-bond acceptors (Lipinski definition) is 3. The Kier molecular flexibility index (Phi) is 3.46. The molecule has 3 rings (SSSR count). The van der Waals surface area contributed by atoms with E-state index in [1.807, 2.05) is 4.68 Å². The van der Waals surface area contributed by atoms with Crippen LogP contribution in [0.4, 0.5) is 0 Å². The Morgan fingerprint density at radius 1 is 1.25 bits per heavy atom. The maximum Gasteiger partial charge on any atom is 0.308 e. The van der Waals surface area contributed by atoms with Gasteiger partial charge >= 0.3 is 5.97 Å². The van der Waals surface area contributed by atoms with E-state index in [2.05, 4.69) is 5.10 Å². The first-order chi connectivity index (χ1) is 9.66. The fraction of sp³-hybridized carbons (Fsp3) is 0.643. The van der Waals surface area contributed by atoms with Gasteiger partial charge in [0, 0.05) is 19.3 Å². The summed E-state index contributed by atoms with van der Waals surface area (Å²) in [5.41, 5.74) is 0.600. The molecule has 20 heavy (non-hydrogen) atoms. The number of carbonyl (C=O) groups excluding carboxylic acids is 1. The number of carboxylic acid groups (broad SMARTS) is 1. The van der Waals surface area contributed by atoms with Crippen LogP contribution in [0.2, 0.25) is 0 Å². The molecule has 0 aromatic carbocycles. The quantitative estimate of drug-likeness (QED) is 0.909. The van der Waals surface area contributed by atoms with E-state index in [1.54, 1.807) is 17.2 Å². The first-order valence-electron chi connectivity index (χ1n) is 7.22. The van der Waals surface area contributed by atoms with Crippen LogP contribution >= 0.6 is 0 Å². The Labute approximate surface area is 117 Å². The number of likely N-dealkylation sites (tertiary alicyclic amines) is 1. The predicted octanol–water partition coefficient (Wildman–Crippen LogP) is 1.54. The highest BCUT2D eigenvalue weighted by Crippen LogP contribution is 2.30. The lowest BCUT2D eigenvalue weighted by Crippen LogP contribution is -2.32. The normalized spacial score (nSPS) is 23.4. The molecule has 1 saturated heterocycles. The highest BCUT2D eigenvalue weighted by atomic mass is 16.4. The van der Waals surface area contributed by atoms with Gasteiger partial charge in [0.15, 0.2) is 0 Å². The van der Waals surface area contributed by atoms with Gasteiger partial charge in [0.25, 0.3) is 5.91 Å². The predicted molar refractivity (Wildman–Crippen MR) is 71.4 cm³/mol. The molecule has 2 heterocycles. The SMILES string of the molecule is O=C(O)C1CCN(C(=O)c2ccnn2C2CCCC2)C1. The lowest BCUT2D eigenvalue weighted by molar-refractivity contribution is -0.141. The lowest BCUT2D eigenvalue weighted by atomic mass is 10.1. The van der Waals surface area contributed by atoms with E-state index >= 15 is 0 Å². The van der Waals surface area contributed by atoms with Crippen LogP contribution in [0.3, 0.4) is 0 Å². The van der Waals surface area contributed by atoms with Crippen molar-refractivity contribution in [2.45, 2.75) is 38.1 Å². The largest absolute Gasteiger partial charge is 0.481 e. The van der Waals surface area contributed by atoms with Crippen molar-refractivity contribution in [1.29, 1.82) is 0 Å². The Hall–Kier alpha value is -1.85. The fourth-order valence-electron chi connectivity index (χ4n) is 3.23. The molecule has 0 radical (unpaired) electrons. The molecule has 1 aromatic rings. The number of amides is 1. The van der Waals surface area contributed by atoms with Crippen LogP contribution in [0.1, 0.15) is 48.6 Å². The number of nitrogens with zero attached hydrogens (tertiary/aromatic N) is 3. The summed E-state index contributed by atoms with van der Waals surface area (Å²) in [4.78, 5) is 25.1. The first kappa shape index (κ1) is 13.1. The summed E-state index contributed by atoms with van der Waals surface area (Å²) in [5, 5.41) is 13.3. The Bertz CT molecular complexity index is 519. The minimum absolute atomic E-state index is 0.0850. The molecule has 0 bridgehead atoms. The molecule has 1 aliphatic heterocycles. The van der Waals surface area contributed by atoms with Gasteiger partial charge in [-0.2, -0.15) is 5.10 Å². The van der Waals surface area contributed by atoms with Crippen LogP contribution in [0.5, 0.6) is 0 Å². The molecule has 1 amide bonds. The average Bonchev–Trinajstić information content (AvgIpc) is 3.17. The Morgan fingerprint density at radius 2 is 2.00 bits per heavy atom. The number of aromatic nitrogens is 2. The highest BCUT2D eigenvalue weighted by molar-refractivity contribution is 5.93. The van der Waals surface area contributed by atoms with Crippen LogP contribution in [-0.4, -0.2) is 44.8 Å². The van der Waals surface area contributed by atoms with Crippen molar-refractivity contribution >= 4 is 11.9 Å². The lowest BCUT2D eigenvalue weighted by Gasteiger charge is -2.19. The molecule has 2 aliphatic rings. The summed E-state index contributed by atoms with van der Waals surface area (Å²) in [6, 6.07) is 2.07. The molecular formula is C14H19N3O3. The van der Waals surface area contributed by atoms with E-state index in [0.717, 1.165) is 12.8 Å². The highest BCUT2D eigenvalue weighted by Gasteiger charge is 2.33. The van der Waals surface area contributed by atoms with E-state index in [9.17, 15) is 9.59 Å². The van der Waals surface area contributed by atoms with Gasteiger partial charge in [-0.05, 0) is 25.3 Å². The van der Waals surface area contributed by atoms with Crippen molar-refractivity contribution in [1.82, 2.24) is 14.7 Å². The molecule has 108 valence electrons. The third-order valence-corrected chi connectivity index (χ3v) is 4.38. The van der Waals surface area contributed by atoms with Gasteiger partial charge in [-0.3, -0.25) is 14.3 Å². The van der Waals surface area contributed by atoms with E-state index in [0.29, 0.717) is 31.2 Å². The molecule has 1 unspecified atom stereocenters. The second-order valence-electron chi connectivity index (χ2n) is 5.67. The number of hydrogen-bond donors (Lipinski definition) is 1. The molecule has 6 heteroatoms. The number of carbonyl (C=O) groups is 2. The van der Waals surface area contributed by atoms with E-state index < -0.39 is 11.9 Å². The number of carboxylic acids is 1. The maximum absolute atomic E-state index is 12.5. The summed E-state index contributed by atoms with van der Waals surface area (Å²) in [6.45, 7) is 0.829. The summed E-state index contributed by atoms with van der Waals surface area (Å²) in [6.07, 6.45) is 6.71. The zero-order chi connectivity index (χ0) is 14.1. The van der Waals surface area contributed by atoms with Gasteiger partial charge in [0.1, 0.15) is 5.69 Å². The Balaban J connectivity index is 1.75.